The highest BCUT2D eigenvalue weighted by Crippen LogP contribution is 2.38. The number of rotatable bonds is 8. The second-order valence-corrected chi connectivity index (χ2v) is 8.56. The summed E-state index contributed by atoms with van der Waals surface area (Å²) in [6.45, 7) is 3.86. The molecule has 1 aromatic heterocycles. The standard InChI is InChI=1S/C23H25N5O2S/c1-15(17-8-4-3-5-9-17)24-22(30)19-10-6-7-11-20(19)25-21(29)14-31-23-27-26-16(2)28(23)18-12-13-18/h3-11,15,18H,12-14H2,1-2H3,(H,24,30)(H,25,29)/t15-/m0/s1. The van der Waals surface area contributed by atoms with Crippen LogP contribution in [0.25, 0.3) is 0 Å². The molecule has 0 bridgehead atoms. The zero-order valence-electron chi connectivity index (χ0n) is 17.5. The van der Waals surface area contributed by atoms with Gasteiger partial charge in [-0.15, -0.1) is 10.2 Å². The van der Waals surface area contributed by atoms with Crippen LogP contribution in [0.2, 0.25) is 0 Å². The van der Waals surface area contributed by atoms with E-state index < -0.39 is 0 Å². The number of nitrogens with zero attached hydrogens (tertiary/aromatic N) is 3. The van der Waals surface area contributed by atoms with Crippen molar-refractivity contribution in [2.45, 2.75) is 43.9 Å². The van der Waals surface area contributed by atoms with Crippen molar-refractivity contribution in [1.82, 2.24) is 20.1 Å². The van der Waals surface area contributed by atoms with E-state index in [-0.39, 0.29) is 23.6 Å². The molecule has 2 aromatic carbocycles. The topological polar surface area (TPSA) is 88.9 Å². The molecule has 4 rings (SSSR count). The average Bonchev–Trinajstić information content (AvgIpc) is 3.55. The fraction of sp³-hybridized carbons (Fsp3) is 0.304. The molecule has 0 saturated heterocycles. The zero-order chi connectivity index (χ0) is 21.8. The molecule has 0 radical (unpaired) electrons. The van der Waals surface area contributed by atoms with E-state index in [1.54, 1.807) is 24.3 Å². The van der Waals surface area contributed by atoms with Crippen molar-refractivity contribution in [2.24, 2.45) is 0 Å². The summed E-state index contributed by atoms with van der Waals surface area (Å²) >= 11 is 1.36. The first-order valence-electron chi connectivity index (χ1n) is 10.3. The van der Waals surface area contributed by atoms with Gasteiger partial charge in [0.15, 0.2) is 5.16 Å². The van der Waals surface area contributed by atoms with Crippen LogP contribution in [0, 0.1) is 6.92 Å². The van der Waals surface area contributed by atoms with Crippen molar-refractivity contribution in [1.29, 1.82) is 0 Å². The Balaban J connectivity index is 1.39. The number of benzene rings is 2. The molecule has 2 N–H and O–H groups in total. The Morgan fingerprint density at radius 1 is 1.10 bits per heavy atom. The first-order valence-corrected chi connectivity index (χ1v) is 11.3. The van der Waals surface area contributed by atoms with Crippen LogP contribution in [0.4, 0.5) is 5.69 Å². The van der Waals surface area contributed by atoms with Crippen LogP contribution in [0.1, 0.15) is 53.6 Å². The number of hydrogen-bond donors (Lipinski definition) is 2. The zero-order valence-corrected chi connectivity index (χ0v) is 18.4. The number of aryl methyl sites for hydroxylation is 1. The van der Waals surface area contributed by atoms with Gasteiger partial charge < -0.3 is 15.2 Å². The maximum atomic E-state index is 12.9. The fourth-order valence-corrected chi connectivity index (χ4v) is 4.26. The Kier molecular flexibility index (Phi) is 6.36. The summed E-state index contributed by atoms with van der Waals surface area (Å²) < 4.78 is 2.10. The molecule has 1 saturated carbocycles. The highest BCUT2D eigenvalue weighted by atomic mass is 32.2. The molecule has 1 aliphatic carbocycles. The van der Waals surface area contributed by atoms with Gasteiger partial charge in [0.1, 0.15) is 5.82 Å². The largest absolute Gasteiger partial charge is 0.345 e. The van der Waals surface area contributed by atoms with Gasteiger partial charge >= 0.3 is 0 Å². The summed E-state index contributed by atoms with van der Waals surface area (Å²) in [5.41, 5.74) is 1.94. The van der Waals surface area contributed by atoms with Crippen LogP contribution in [0.15, 0.2) is 59.8 Å². The van der Waals surface area contributed by atoms with Gasteiger partial charge in [-0.2, -0.15) is 0 Å². The summed E-state index contributed by atoms with van der Waals surface area (Å²) in [7, 11) is 0. The Morgan fingerprint density at radius 3 is 2.55 bits per heavy atom. The summed E-state index contributed by atoms with van der Waals surface area (Å²) in [5.74, 6) is 0.648. The third-order valence-electron chi connectivity index (χ3n) is 5.17. The van der Waals surface area contributed by atoms with E-state index in [0.29, 0.717) is 17.3 Å². The molecule has 1 atom stereocenters. The normalized spacial score (nSPS) is 14.1. The Morgan fingerprint density at radius 2 is 1.81 bits per heavy atom. The molecule has 0 aliphatic heterocycles. The fourth-order valence-electron chi connectivity index (χ4n) is 3.41. The summed E-state index contributed by atoms with van der Waals surface area (Å²) in [5, 5.41) is 15.0. The average molecular weight is 436 g/mol. The molecule has 31 heavy (non-hydrogen) atoms. The number of aromatic nitrogens is 3. The lowest BCUT2D eigenvalue weighted by Gasteiger charge is -2.16. The van der Waals surface area contributed by atoms with Gasteiger partial charge in [-0.25, -0.2) is 0 Å². The van der Waals surface area contributed by atoms with Gasteiger partial charge in [0.2, 0.25) is 5.91 Å². The minimum absolute atomic E-state index is 0.148. The maximum Gasteiger partial charge on any atom is 0.253 e. The predicted molar refractivity (Wildman–Crippen MR) is 121 cm³/mol. The quantitative estimate of drug-likeness (QED) is 0.519. The Labute approximate surface area is 185 Å². The first-order chi connectivity index (χ1) is 15.0. The molecule has 2 amide bonds. The monoisotopic (exact) mass is 435 g/mol. The summed E-state index contributed by atoms with van der Waals surface area (Å²) in [6, 6.07) is 17.1. The predicted octanol–water partition coefficient (Wildman–Crippen LogP) is 4.14. The smallest absolute Gasteiger partial charge is 0.253 e. The lowest BCUT2D eigenvalue weighted by atomic mass is 10.1. The van der Waals surface area contributed by atoms with Crippen molar-refractivity contribution in [3.05, 3.63) is 71.5 Å². The lowest BCUT2D eigenvalue weighted by molar-refractivity contribution is -0.113. The van der Waals surface area contributed by atoms with E-state index in [1.807, 2.05) is 44.2 Å². The number of anilines is 1. The van der Waals surface area contributed by atoms with Crippen LogP contribution < -0.4 is 10.6 Å². The Hall–Kier alpha value is -3.13. The molecule has 3 aromatic rings. The van der Waals surface area contributed by atoms with E-state index in [1.165, 1.54) is 11.8 Å². The SMILES string of the molecule is Cc1nnc(SCC(=O)Nc2ccccc2C(=O)N[C@@H](C)c2ccccc2)n1C1CC1. The molecule has 8 heteroatoms. The van der Waals surface area contributed by atoms with Gasteiger partial charge in [-0.3, -0.25) is 9.59 Å². The Bertz CT molecular complexity index is 1080. The van der Waals surface area contributed by atoms with Crippen molar-refractivity contribution >= 4 is 29.3 Å². The van der Waals surface area contributed by atoms with Gasteiger partial charge in [0.25, 0.3) is 5.91 Å². The first kappa shape index (κ1) is 21.1. The molecule has 160 valence electrons. The third kappa shape index (κ3) is 5.14. The number of thioether (sulfide) groups is 1. The highest BCUT2D eigenvalue weighted by Gasteiger charge is 2.28. The van der Waals surface area contributed by atoms with Crippen molar-refractivity contribution in [3.63, 3.8) is 0 Å². The van der Waals surface area contributed by atoms with Crippen LogP contribution >= 0.6 is 11.8 Å². The van der Waals surface area contributed by atoms with Gasteiger partial charge in [-0.1, -0.05) is 54.2 Å². The molecule has 1 fully saturated rings. The van der Waals surface area contributed by atoms with Crippen molar-refractivity contribution in [2.75, 3.05) is 11.1 Å². The van der Waals surface area contributed by atoms with Crippen molar-refractivity contribution < 1.29 is 9.59 Å². The molecule has 1 heterocycles. The van der Waals surface area contributed by atoms with E-state index in [9.17, 15) is 9.59 Å². The van der Waals surface area contributed by atoms with Crippen LogP contribution in [-0.2, 0) is 4.79 Å². The lowest BCUT2D eigenvalue weighted by Crippen LogP contribution is -2.28. The molecular weight excluding hydrogens is 410 g/mol. The molecule has 7 nitrogen and oxygen atoms in total. The number of hydrogen-bond acceptors (Lipinski definition) is 5. The van der Waals surface area contributed by atoms with Gasteiger partial charge in [0.05, 0.1) is 23.0 Å². The second kappa shape index (κ2) is 9.34. The van der Waals surface area contributed by atoms with Crippen LogP contribution in [0.5, 0.6) is 0 Å². The number of carbonyl (C=O) groups is 2. The number of carbonyl (C=O) groups excluding carboxylic acids is 2. The van der Waals surface area contributed by atoms with E-state index in [4.69, 9.17) is 0 Å². The molecular formula is C23H25N5O2S. The van der Waals surface area contributed by atoms with Crippen LogP contribution in [0.3, 0.4) is 0 Å². The van der Waals surface area contributed by atoms with Crippen LogP contribution in [-0.4, -0.2) is 32.3 Å². The molecule has 0 spiro atoms. The number of nitrogens with one attached hydrogen (secondary N) is 2. The highest BCUT2D eigenvalue weighted by molar-refractivity contribution is 7.99. The van der Waals surface area contributed by atoms with Gasteiger partial charge in [-0.05, 0) is 44.4 Å². The van der Waals surface area contributed by atoms with Gasteiger partial charge in [0, 0.05) is 6.04 Å². The second-order valence-electron chi connectivity index (χ2n) is 7.62. The summed E-state index contributed by atoms with van der Waals surface area (Å²) in [4.78, 5) is 25.4. The minimum Gasteiger partial charge on any atom is -0.345 e. The van der Waals surface area contributed by atoms with Crippen molar-refractivity contribution in [3.8, 4) is 0 Å². The summed E-state index contributed by atoms with van der Waals surface area (Å²) in [6.07, 6.45) is 2.26. The molecule has 0 unspecified atom stereocenters. The van der Waals surface area contributed by atoms with E-state index >= 15 is 0 Å². The van der Waals surface area contributed by atoms with E-state index in [2.05, 4.69) is 25.4 Å². The number of para-hydroxylation sites is 1. The third-order valence-corrected chi connectivity index (χ3v) is 6.12. The maximum absolute atomic E-state index is 12.9. The number of amides is 2. The minimum atomic E-state index is -0.232. The van der Waals surface area contributed by atoms with E-state index in [0.717, 1.165) is 29.4 Å². The molecule has 1 aliphatic rings.